The van der Waals surface area contributed by atoms with Crippen molar-refractivity contribution in [1.29, 1.82) is 0 Å². The van der Waals surface area contributed by atoms with Crippen molar-refractivity contribution in [3.05, 3.63) is 21.9 Å². The van der Waals surface area contributed by atoms with Crippen LogP contribution in [0.1, 0.15) is 33.8 Å². The lowest BCUT2D eigenvalue weighted by atomic mass is 10.2. The van der Waals surface area contributed by atoms with Gasteiger partial charge in [-0.3, -0.25) is 9.59 Å². The minimum Gasteiger partial charge on any atom is -0.481 e. The number of hydrogen-bond donors (Lipinski definition) is 1. The summed E-state index contributed by atoms with van der Waals surface area (Å²) < 4.78 is 5.54. The number of rotatable bonds is 6. The Morgan fingerprint density at radius 3 is 2.85 bits per heavy atom. The third kappa shape index (κ3) is 4.05. The van der Waals surface area contributed by atoms with Gasteiger partial charge < -0.3 is 14.7 Å². The zero-order chi connectivity index (χ0) is 14.5. The van der Waals surface area contributed by atoms with Crippen LogP contribution in [0.25, 0.3) is 0 Å². The Kier molecular flexibility index (Phi) is 5.14. The average Bonchev–Trinajstić information content (AvgIpc) is 3.04. The quantitative estimate of drug-likeness (QED) is 0.873. The maximum absolute atomic E-state index is 12.4. The van der Waals surface area contributed by atoms with E-state index in [1.165, 1.54) is 11.3 Å². The molecule has 0 bridgehead atoms. The van der Waals surface area contributed by atoms with Gasteiger partial charge in [-0.1, -0.05) is 0 Å². The van der Waals surface area contributed by atoms with Crippen molar-refractivity contribution in [3.8, 4) is 0 Å². The number of carboxylic acids is 1. The van der Waals surface area contributed by atoms with E-state index in [4.69, 9.17) is 9.84 Å². The van der Waals surface area contributed by atoms with Crippen molar-refractivity contribution in [2.45, 2.75) is 32.3 Å². The minimum atomic E-state index is -0.891. The number of ether oxygens (including phenoxy) is 1. The van der Waals surface area contributed by atoms with E-state index in [0.29, 0.717) is 11.4 Å². The summed E-state index contributed by atoms with van der Waals surface area (Å²) in [4.78, 5) is 26.5. The summed E-state index contributed by atoms with van der Waals surface area (Å²) >= 11 is 1.44. The fourth-order valence-corrected chi connectivity index (χ4v) is 3.08. The number of thiophene rings is 1. The van der Waals surface area contributed by atoms with E-state index in [9.17, 15) is 9.59 Å². The van der Waals surface area contributed by atoms with Gasteiger partial charge in [0.1, 0.15) is 0 Å². The van der Waals surface area contributed by atoms with Crippen LogP contribution in [0.15, 0.2) is 12.1 Å². The van der Waals surface area contributed by atoms with Crippen LogP contribution in [0.3, 0.4) is 0 Å². The van der Waals surface area contributed by atoms with Gasteiger partial charge in [0, 0.05) is 24.6 Å². The highest BCUT2D eigenvalue weighted by atomic mass is 32.1. The predicted molar refractivity (Wildman–Crippen MR) is 76.2 cm³/mol. The second-order valence-electron chi connectivity index (χ2n) is 4.94. The normalized spacial score (nSPS) is 18.1. The molecule has 0 aromatic carbocycles. The Hall–Kier alpha value is -1.40. The fraction of sp³-hybridized carbons (Fsp3) is 0.571. The molecular formula is C14H19NO4S. The molecule has 0 spiro atoms. The van der Waals surface area contributed by atoms with Crippen LogP contribution in [0.2, 0.25) is 0 Å². The molecule has 1 fully saturated rings. The Labute approximate surface area is 122 Å². The lowest BCUT2D eigenvalue weighted by molar-refractivity contribution is -0.137. The van der Waals surface area contributed by atoms with Crippen LogP contribution in [0, 0.1) is 6.92 Å². The Balaban J connectivity index is 2.03. The number of aryl methyl sites for hydroxylation is 1. The minimum absolute atomic E-state index is 0.0359. The molecule has 1 aliphatic heterocycles. The summed E-state index contributed by atoms with van der Waals surface area (Å²) in [5.41, 5.74) is 0. The molecule has 20 heavy (non-hydrogen) atoms. The number of carbonyl (C=O) groups excluding carboxylic acids is 1. The van der Waals surface area contributed by atoms with Gasteiger partial charge in [-0.25, -0.2) is 0 Å². The summed E-state index contributed by atoms with van der Waals surface area (Å²) in [5.74, 6) is -0.989. The summed E-state index contributed by atoms with van der Waals surface area (Å²) in [6.45, 7) is 3.38. The van der Waals surface area contributed by atoms with Gasteiger partial charge in [-0.2, -0.15) is 0 Å². The Morgan fingerprint density at radius 2 is 2.30 bits per heavy atom. The maximum Gasteiger partial charge on any atom is 0.305 e. The van der Waals surface area contributed by atoms with Gasteiger partial charge in [-0.15, -0.1) is 11.3 Å². The lowest BCUT2D eigenvalue weighted by Gasteiger charge is -2.24. The lowest BCUT2D eigenvalue weighted by Crippen LogP contribution is -2.38. The van der Waals surface area contributed by atoms with E-state index in [1.54, 1.807) is 11.0 Å². The number of carboxylic acid groups (broad SMARTS) is 1. The standard InChI is InChI=1S/C14H19NO4S/c1-10-4-5-12(20-10)14(18)15(7-6-13(16)17)9-11-3-2-8-19-11/h4-5,11H,2-3,6-9H2,1H3,(H,16,17). The van der Waals surface area contributed by atoms with Gasteiger partial charge in [0.15, 0.2) is 0 Å². The fourth-order valence-electron chi connectivity index (χ4n) is 2.25. The number of nitrogens with zero attached hydrogens (tertiary/aromatic N) is 1. The average molecular weight is 297 g/mol. The molecule has 2 heterocycles. The molecule has 1 aliphatic rings. The van der Waals surface area contributed by atoms with Crippen molar-refractivity contribution in [2.24, 2.45) is 0 Å². The number of carbonyl (C=O) groups is 2. The number of amides is 1. The topological polar surface area (TPSA) is 66.8 Å². The molecule has 6 heteroatoms. The summed E-state index contributed by atoms with van der Waals surface area (Å²) in [7, 11) is 0. The first-order valence-corrected chi connectivity index (χ1v) is 7.57. The van der Waals surface area contributed by atoms with Crippen LogP contribution in [-0.2, 0) is 9.53 Å². The molecular weight excluding hydrogens is 278 g/mol. The third-order valence-corrected chi connectivity index (χ3v) is 4.27. The summed E-state index contributed by atoms with van der Waals surface area (Å²) in [5, 5.41) is 8.81. The SMILES string of the molecule is Cc1ccc(C(=O)N(CCC(=O)O)CC2CCCO2)s1. The van der Waals surface area contributed by atoms with E-state index in [0.717, 1.165) is 24.3 Å². The van der Waals surface area contributed by atoms with E-state index >= 15 is 0 Å². The Morgan fingerprint density at radius 1 is 1.50 bits per heavy atom. The molecule has 1 atom stereocenters. The highest BCUT2D eigenvalue weighted by Gasteiger charge is 2.24. The molecule has 1 aromatic heterocycles. The van der Waals surface area contributed by atoms with Gasteiger partial charge in [-0.05, 0) is 31.9 Å². The van der Waals surface area contributed by atoms with E-state index in [1.807, 2.05) is 13.0 Å². The first-order chi connectivity index (χ1) is 9.56. The second kappa shape index (κ2) is 6.85. The second-order valence-corrected chi connectivity index (χ2v) is 6.23. The first-order valence-electron chi connectivity index (χ1n) is 6.75. The van der Waals surface area contributed by atoms with Gasteiger partial charge in [0.2, 0.25) is 0 Å². The van der Waals surface area contributed by atoms with Crippen molar-refractivity contribution in [3.63, 3.8) is 0 Å². The van der Waals surface area contributed by atoms with Crippen LogP contribution in [0.4, 0.5) is 0 Å². The molecule has 0 saturated carbocycles. The first kappa shape index (κ1) is 15.0. The molecule has 0 radical (unpaired) electrons. The molecule has 110 valence electrons. The van der Waals surface area contributed by atoms with Gasteiger partial charge in [0.25, 0.3) is 5.91 Å². The van der Waals surface area contributed by atoms with Gasteiger partial charge >= 0.3 is 5.97 Å². The van der Waals surface area contributed by atoms with Crippen LogP contribution in [-0.4, -0.2) is 47.7 Å². The molecule has 1 amide bonds. The largest absolute Gasteiger partial charge is 0.481 e. The molecule has 0 aliphatic carbocycles. The highest BCUT2D eigenvalue weighted by Crippen LogP contribution is 2.20. The summed E-state index contributed by atoms with van der Waals surface area (Å²) in [6, 6.07) is 3.70. The number of aliphatic carboxylic acids is 1. The van der Waals surface area contributed by atoms with Crippen molar-refractivity contribution >= 4 is 23.2 Å². The van der Waals surface area contributed by atoms with Crippen LogP contribution < -0.4 is 0 Å². The highest BCUT2D eigenvalue weighted by molar-refractivity contribution is 7.13. The third-order valence-electron chi connectivity index (χ3n) is 3.28. The zero-order valence-corrected chi connectivity index (χ0v) is 12.3. The van der Waals surface area contributed by atoms with Crippen molar-refractivity contribution in [1.82, 2.24) is 4.90 Å². The van der Waals surface area contributed by atoms with Crippen molar-refractivity contribution in [2.75, 3.05) is 19.7 Å². The van der Waals surface area contributed by atoms with E-state index < -0.39 is 5.97 Å². The number of hydrogen-bond acceptors (Lipinski definition) is 4. The van der Waals surface area contributed by atoms with E-state index in [-0.39, 0.29) is 25.0 Å². The van der Waals surface area contributed by atoms with E-state index in [2.05, 4.69) is 0 Å². The summed E-state index contributed by atoms with van der Waals surface area (Å²) in [6.07, 6.45) is 1.93. The Bertz CT molecular complexity index is 479. The van der Waals surface area contributed by atoms with Crippen LogP contribution in [0.5, 0.6) is 0 Å². The van der Waals surface area contributed by atoms with Crippen molar-refractivity contribution < 1.29 is 19.4 Å². The van der Waals surface area contributed by atoms with Crippen LogP contribution >= 0.6 is 11.3 Å². The molecule has 1 unspecified atom stereocenters. The molecule has 1 aromatic rings. The predicted octanol–water partition coefficient (Wildman–Crippen LogP) is 2.15. The maximum atomic E-state index is 12.4. The zero-order valence-electron chi connectivity index (χ0n) is 11.5. The molecule has 2 rings (SSSR count). The molecule has 1 N–H and O–H groups in total. The molecule has 5 nitrogen and oxygen atoms in total. The van der Waals surface area contributed by atoms with Gasteiger partial charge in [0.05, 0.1) is 17.4 Å². The monoisotopic (exact) mass is 297 g/mol. The smallest absolute Gasteiger partial charge is 0.305 e. The molecule has 1 saturated heterocycles.